The molecule has 0 amide bonds. The number of sulfonamides is 1. The molecule has 21 heavy (non-hydrogen) atoms. The number of nitrogens with zero attached hydrogens (tertiary/aromatic N) is 1. The number of benzene rings is 1. The highest BCUT2D eigenvalue weighted by atomic mass is 32.2. The van der Waals surface area contributed by atoms with Gasteiger partial charge in [-0.3, -0.25) is 4.31 Å². The zero-order chi connectivity index (χ0) is 15.6. The molecule has 1 aromatic heterocycles. The Morgan fingerprint density at radius 2 is 1.95 bits per heavy atom. The van der Waals surface area contributed by atoms with Crippen molar-refractivity contribution in [2.45, 2.75) is 32.2 Å². The van der Waals surface area contributed by atoms with Crippen molar-refractivity contribution in [2.75, 3.05) is 10.8 Å². The lowest BCUT2D eigenvalue weighted by Gasteiger charge is -2.22. The molecule has 0 radical (unpaired) electrons. The van der Waals surface area contributed by atoms with E-state index in [1.165, 1.54) is 10.4 Å². The SMILES string of the molecule is CCN(c1cccc(C)c1)S(=O)(=O)c1cc(CN)oc1C. The maximum atomic E-state index is 12.9. The van der Waals surface area contributed by atoms with Crippen molar-refractivity contribution < 1.29 is 12.8 Å². The van der Waals surface area contributed by atoms with Crippen LogP contribution in [0, 0.1) is 13.8 Å². The van der Waals surface area contributed by atoms with Crippen LogP contribution in [-0.4, -0.2) is 15.0 Å². The summed E-state index contributed by atoms with van der Waals surface area (Å²) < 4.78 is 32.4. The molecule has 6 heteroatoms. The smallest absolute Gasteiger partial charge is 0.267 e. The highest BCUT2D eigenvalue weighted by Gasteiger charge is 2.28. The summed E-state index contributed by atoms with van der Waals surface area (Å²) in [6.45, 7) is 5.89. The van der Waals surface area contributed by atoms with Gasteiger partial charge < -0.3 is 10.2 Å². The second kappa shape index (κ2) is 5.91. The van der Waals surface area contributed by atoms with Gasteiger partial charge in [-0.05, 0) is 38.5 Å². The van der Waals surface area contributed by atoms with Crippen LogP contribution in [-0.2, 0) is 16.6 Å². The van der Waals surface area contributed by atoms with Crippen LogP contribution in [0.15, 0.2) is 39.6 Å². The molecule has 0 aliphatic heterocycles. The number of hydrogen-bond acceptors (Lipinski definition) is 4. The molecule has 0 saturated carbocycles. The first-order valence-electron chi connectivity index (χ1n) is 6.79. The highest BCUT2D eigenvalue weighted by Crippen LogP contribution is 2.28. The molecule has 0 atom stereocenters. The van der Waals surface area contributed by atoms with Crippen molar-refractivity contribution in [3.8, 4) is 0 Å². The van der Waals surface area contributed by atoms with Crippen molar-refractivity contribution in [1.29, 1.82) is 0 Å². The second-order valence-corrected chi connectivity index (χ2v) is 6.68. The van der Waals surface area contributed by atoms with Crippen LogP contribution >= 0.6 is 0 Å². The molecule has 0 unspecified atom stereocenters. The Morgan fingerprint density at radius 1 is 1.24 bits per heavy atom. The van der Waals surface area contributed by atoms with Crippen LogP contribution in [0.2, 0.25) is 0 Å². The summed E-state index contributed by atoms with van der Waals surface area (Å²) in [5.41, 5.74) is 7.17. The molecule has 5 nitrogen and oxygen atoms in total. The zero-order valence-electron chi connectivity index (χ0n) is 12.5. The number of rotatable bonds is 5. The summed E-state index contributed by atoms with van der Waals surface area (Å²) in [6, 6.07) is 8.91. The second-order valence-electron chi connectivity index (χ2n) is 4.85. The van der Waals surface area contributed by atoms with Gasteiger partial charge in [-0.15, -0.1) is 0 Å². The van der Waals surface area contributed by atoms with E-state index in [1.54, 1.807) is 19.9 Å². The predicted molar refractivity (Wildman–Crippen MR) is 82.7 cm³/mol. The van der Waals surface area contributed by atoms with E-state index in [0.29, 0.717) is 23.8 Å². The van der Waals surface area contributed by atoms with Crippen LogP contribution in [0.3, 0.4) is 0 Å². The van der Waals surface area contributed by atoms with Crippen molar-refractivity contribution in [2.24, 2.45) is 5.73 Å². The quantitative estimate of drug-likeness (QED) is 0.921. The first kappa shape index (κ1) is 15.6. The van der Waals surface area contributed by atoms with E-state index in [4.69, 9.17) is 10.2 Å². The normalized spacial score (nSPS) is 11.6. The van der Waals surface area contributed by atoms with Crippen LogP contribution in [0.1, 0.15) is 24.0 Å². The Kier molecular flexibility index (Phi) is 4.39. The summed E-state index contributed by atoms with van der Waals surface area (Å²) in [4.78, 5) is 0.173. The molecule has 2 rings (SSSR count). The Labute approximate surface area is 125 Å². The van der Waals surface area contributed by atoms with Gasteiger partial charge >= 0.3 is 0 Å². The lowest BCUT2D eigenvalue weighted by atomic mass is 10.2. The molecule has 2 aromatic rings. The maximum absolute atomic E-state index is 12.9. The number of hydrogen-bond donors (Lipinski definition) is 1. The van der Waals surface area contributed by atoms with E-state index in [2.05, 4.69) is 0 Å². The summed E-state index contributed by atoms with van der Waals surface area (Å²) in [5, 5.41) is 0. The van der Waals surface area contributed by atoms with Gasteiger partial charge in [0.25, 0.3) is 10.0 Å². The molecule has 2 N–H and O–H groups in total. The van der Waals surface area contributed by atoms with Gasteiger partial charge in [-0.2, -0.15) is 0 Å². The minimum atomic E-state index is -3.66. The molecule has 114 valence electrons. The molecule has 1 heterocycles. The third-order valence-corrected chi connectivity index (χ3v) is 5.28. The van der Waals surface area contributed by atoms with E-state index >= 15 is 0 Å². The average Bonchev–Trinajstić information content (AvgIpc) is 2.81. The first-order valence-corrected chi connectivity index (χ1v) is 8.23. The summed E-state index contributed by atoms with van der Waals surface area (Å²) in [6.07, 6.45) is 0. The lowest BCUT2D eigenvalue weighted by Crippen LogP contribution is -2.31. The largest absolute Gasteiger partial charge is 0.464 e. The van der Waals surface area contributed by atoms with Crippen molar-refractivity contribution >= 4 is 15.7 Å². The van der Waals surface area contributed by atoms with Gasteiger partial charge in [-0.25, -0.2) is 8.42 Å². The molecule has 1 aromatic carbocycles. The van der Waals surface area contributed by atoms with Gasteiger partial charge in [-0.1, -0.05) is 12.1 Å². The third kappa shape index (κ3) is 2.96. The van der Waals surface area contributed by atoms with Crippen molar-refractivity contribution in [3.05, 3.63) is 47.4 Å². The fraction of sp³-hybridized carbons (Fsp3) is 0.333. The summed E-state index contributed by atoms with van der Waals surface area (Å²) in [7, 11) is -3.66. The van der Waals surface area contributed by atoms with Gasteiger partial charge in [0.05, 0.1) is 12.2 Å². The fourth-order valence-electron chi connectivity index (χ4n) is 2.27. The third-order valence-electron chi connectivity index (χ3n) is 3.27. The van der Waals surface area contributed by atoms with E-state index in [9.17, 15) is 8.42 Å². The average molecular weight is 308 g/mol. The molecule has 0 saturated heterocycles. The van der Waals surface area contributed by atoms with Gasteiger partial charge in [0.15, 0.2) is 0 Å². The Balaban J connectivity index is 2.51. The van der Waals surface area contributed by atoms with E-state index < -0.39 is 10.0 Å². The standard InChI is InChI=1S/C15H20N2O3S/c1-4-17(13-7-5-6-11(2)8-13)21(18,19)15-9-14(10-16)20-12(15)3/h5-9H,4,10,16H2,1-3H3. The molecular formula is C15H20N2O3S. The molecule has 0 aliphatic carbocycles. The number of anilines is 1. The van der Waals surface area contributed by atoms with Crippen LogP contribution < -0.4 is 10.0 Å². The van der Waals surface area contributed by atoms with Crippen LogP contribution in [0.4, 0.5) is 5.69 Å². The Hall–Kier alpha value is -1.79. The summed E-state index contributed by atoms with van der Waals surface area (Å²) >= 11 is 0. The van der Waals surface area contributed by atoms with Gasteiger partial charge in [0.2, 0.25) is 0 Å². The molecular weight excluding hydrogens is 288 g/mol. The molecule has 0 fully saturated rings. The molecule has 0 spiro atoms. The van der Waals surface area contributed by atoms with E-state index in [1.807, 2.05) is 25.1 Å². The van der Waals surface area contributed by atoms with E-state index in [-0.39, 0.29) is 11.4 Å². The highest BCUT2D eigenvalue weighted by molar-refractivity contribution is 7.92. The predicted octanol–water partition coefficient (Wildman–Crippen LogP) is 2.57. The lowest BCUT2D eigenvalue weighted by molar-refractivity contribution is 0.479. The van der Waals surface area contributed by atoms with Crippen LogP contribution in [0.5, 0.6) is 0 Å². The summed E-state index contributed by atoms with van der Waals surface area (Å²) in [5.74, 6) is 0.827. The zero-order valence-corrected chi connectivity index (χ0v) is 13.3. The Bertz CT molecular complexity index is 735. The topological polar surface area (TPSA) is 76.5 Å². The van der Waals surface area contributed by atoms with Crippen molar-refractivity contribution in [3.63, 3.8) is 0 Å². The minimum absolute atomic E-state index is 0.173. The van der Waals surface area contributed by atoms with Gasteiger partial charge in [0, 0.05) is 12.6 Å². The molecule has 0 aliphatic rings. The first-order chi connectivity index (χ1) is 9.90. The fourth-order valence-corrected chi connectivity index (χ4v) is 3.93. The van der Waals surface area contributed by atoms with Crippen LogP contribution in [0.25, 0.3) is 0 Å². The number of aryl methyl sites for hydroxylation is 2. The van der Waals surface area contributed by atoms with E-state index in [0.717, 1.165) is 5.56 Å². The maximum Gasteiger partial charge on any atom is 0.267 e. The Morgan fingerprint density at radius 3 is 2.48 bits per heavy atom. The number of nitrogens with two attached hydrogens (primary N) is 1. The molecule has 0 bridgehead atoms. The number of furan rings is 1. The minimum Gasteiger partial charge on any atom is -0.464 e. The van der Waals surface area contributed by atoms with Gasteiger partial charge in [0.1, 0.15) is 16.4 Å². The monoisotopic (exact) mass is 308 g/mol. The van der Waals surface area contributed by atoms with Crippen molar-refractivity contribution in [1.82, 2.24) is 0 Å².